The van der Waals surface area contributed by atoms with Crippen LogP contribution >= 0.6 is 0 Å². The molecule has 0 spiro atoms. The summed E-state index contributed by atoms with van der Waals surface area (Å²) >= 11 is 0. The number of hydrogen-bond acceptors (Lipinski definition) is 7. The molecule has 1 atom stereocenters. The number of fused-ring (bicyclic) bond motifs is 1. The molecule has 4 rings (SSSR count). The van der Waals surface area contributed by atoms with Crippen molar-refractivity contribution in [1.29, 1.82) is 0 Å². The molecule has 10 nitrogen and oxygen atoms in total. The number of nitrogens with one attached hydrogen (secondary N) is 1. The van der Waals surface area contributed by atoms with Gasteiger partial charge in [-0.2, -0.15) is 0 Å². The van der Waals surface area contributed by atoms with Crippen molar-refractivity contribution >= 4 is 23.5 Å². The minimum atomic E-state index is -0.895. The Kier molecular flexibility index (Phi) is 3.56. The summed E-state index contributed by atoms with van der Waals surface area (Å²) in [6.07, 6.45) is 4.79. The summed E-state index contributed by atoms with van der Waals surface area (Å²) in [6.45, 7) is 0.964. The van der Waals surface area contributed by atoms with Crippen LogP contribution in [0.15, 0.2) is 30.7 Å². The van der Waals surface area contributed by atoms with Crippen molar-refractivity contribution in [3.63, 3.8) is 0 Å². The smallest absolute Gasteiger partial charge is 0.407 e. The number of nitrogen functional groups attached to an aromatic ring is 1. The van der Waals surface area contributed by atoms with Gasteiger partial charge in [0.15, 0.2) is 5.65 Å². The number of amides is 1. The molecule has 4 N–H and O–H groups in total. The summed E-state index contributed by atoms with van der Waals surface area (Å²) in [4.78, 5) is 24.7. The predicted molar refractivity (Wildman–Crippen MR) is 90.1 cm³/mol. The fraction of sp³-hybridized carbons (Fsp3) is 0.267. The van der Waals surface area contributed by atoms with E-state index in [0.29, 0.717) is 24.6 Å². The Balaban J connectivity index is 1.60. The van der Waals surface area contributed by atoms with E-state index in [2.05, 4.69) is 25.4 Å². The normalized spacial score (nSPS) is 17.1. The van der Waals surface area contributed by atoms with Gasteiger partial charge in [-0.25, -0.2) is 24.3 Å². The maximum atomic E-state index is 11.0. The van der Waals surface area contributed by atoms with Crippen molar-refractivity contribution in [2.75, 3.05) is 24.1 Å². The second kappa shape index (κ2) is 5.89. The number of carboxylic acid groups (broad SMARTS) is 1. The second-order valence-corrected chi connectivity index (χ2v) is 5.82. The van der Waals surface area contributed by atoms with E-state index < -0.39 is 6.09 Å². The highest BCUT2D eigenvalue weighted by Gasteiger charge is 2.26. The minimum Gasteiger partial charge on any atom is -0.465 e. The standard InChI is InChI=1S/C15H16N8O2/c16-14-18-5-9(6-19-14)11-7-17-13-2-1-12(21-23(11)13)20-10-3-4-22(8-10)15(24)25/h1-2,5-7,10H,3-4,8H2,(H,20,21)(H,24,25)(H2,16,18,19). The van der Waals surface area contributed by atoms with Crippen molar-refractivity contribution in [2.24, 2.45) is 0 Å². The summed E-state index contributed by atoms with van der Waals surface area (Å²) in [6, 6.07) is 3.71. The van der Waals surface area contributed by atoms with Gasteiger partial charge in [0.1, 0.15) is 5.82 Å². The molecule has 1 unspecified atom stereocenters. The van der Waals surface area contributed by atoms with Gasteiger partial charge in [0.2, 0.25) is 5.95 Å². The zero-order valence-corrected chi connectivity index (χ0v) is 13.2. The molecule has 4 heterocycles. The number of nitrogens with two attached hydrogens (primary N) is 1. The van der Waals surface area contributed by atoms with Gasteiger partial charge in [-0.15, -0.1) is 5.10 Å². The molecular formula is C15H16N8O2. The molecule has 1 aliphatic heterocycles. The number of nitrogens with zero attached hydrogens (tertiary/aromatic N) is 6. The molecule has 3 aromatic heterocycles. The lowest BCUT2D eigenvalue weighted by Crippen LogP contribution is -2.30. The first-order valence-corrected chi connectivity index (χ1v) is 7.77. The van der Waals surface area contributed by atoms with Crippen LogP contribution in [0.5, 0.6) is 0 Å². The first-order chi connectivity index (χ1) is 12.1. The largest absolute Gasteiger partial charge is 0.465 e. The first kappa shape index (κ1) is 15.1. The van der Waals surface area contributed by atoms with Gasteiger partial charge in [0, 0.05) is 37.1 Å². The highest BCUT2D eigenvalue weighted by molar-refractivity contribution is 5.65. The van der Waals surface area contributed by atoms with Crippen LogP contribution in [0.2, 0.25) is 0 Å². The number of likely N-dealkylation sites (tertiary alicyclic amines) is 1. The van der Waals surface area contributed by atoms with Gasteiger partial charge < -0.3 is 21.1 Å². The Morgan fingerprint density at radius 1 is 1.24 bits per heavy atom. The molecule has 1 fully saturated rings. The number of rotatable bonds is 3. The fourth-order valence-electron chi connectivity index (χ4n) is 2.88. The Morgan fingerprint density at radius 2 is 2.04 bits per heavy atom. The van der Waals surface area contributed by atoms with E-state index in [-0.39, 0.29) is 12.0 Å². The fourth-order valence-corrected chi connectivity index (χ4v) is 2.88. The lowest BCUT2D eigenvalue weighted by Gasteiger charge is -2.14. The van der Waals surface area contributed by atoms with Gasteiger partial charge >= 0.3 is 6.09 Å². The molecule has 3 aromatic rings. The molecule has 128 valence electrons. The van der Waals surface area contributed by atoms with Crippen molar-refractivity contribution in [3.8, 4) is 11.3 Å². The molecule has 0 bridgehead atoms. The van der Waals surface area contributed by atoms with Gasteiger partial charge in [0.25, 0.3) is 0 Å². The quantitative estimate of drug-likeness (QED) is 0.641. The van der Waals surface area contributed by atoms with Gasteiger partial charge in [-0.05, 0) is 18.6 Å². The molecule has 0 aromatic carbocycles. The van der Waals surface area contributed by atoms with Crippen LogP contribution < -0.4 is 11.1 Å². The first-order valence-electron chi connectivity index (χ1n) is 7.77. The Morgan fingerprint density at radius 3 is 2.76 bits per heavy atom. The summed E-state index contributed by atoms with van der Waals surface area (Å²) in [7, 11) is 0. The predicted octanol–water partition coefficient (Wildman–Crippen LogP) is 0.933. The molecule has 25 heavy (non-hydrogen) atoms. The van der Waals surface area contributed by atoms with Crippen LogP contribution in [0.25, 0.3) is 16.9 Å². The highest BCUT2D eigenvalue weighted by Crippen LogP contribution is 2.21. The second-order valence-electron chi connectivity index (χ2n) is 5.82. The van der Waals surface area contributed by atoms with Crippen LogP contribution in [0.3, 0.4) is 0 Å². The lowest BCUT2D eigenvalue weighted by molar-refractivity contribution is 0.155. The SMILES string of the molecule is Nc1ncc(-c2cnc3ccc(NC4CCN(C(=O)O)C4)nn23)cn1. The summed E-state index contributed by atoms with van der Waals surface area (Å²) in [5.74, 6) is 0.859. The third-order valence-electron chi connectivity index (χ3n) is 4.14. The topological polar surface area (TPSA) is 135 Å². The van der Waals surface area contributed by atoms with E-state index in [4.69, 9.17) is 10.8 Å². The molecule has 10 heteroatoms. The van der Waals surface area contributed by atoms with Crippen LogP contribution in [-0.4, -0.2) is 59.8 Å². The van der Waals surface area contributed by atoms with Crippen molar-refractivity contribution < 1.29 is 9.90 Å². The van der Waals surface area contributed by atoms with Gasteiger partial charge in [-0.1, -0.05) is 0 Å². The van der Waals surface area contributed by atoms with Crippen molar-refractivity contribution in [3.05, 3.63) is 30.7 Å². The highest BCUT2D eigenvalue weighted by atomic mass is 16.4. The van der Waals surface area contributed by atoms with E-state index >= 15 is 0 Å². The lowest BCUT2D eigenvalue weighted by atomic mass is 10.2. The molecule has 1 aliphatic rings. The number of carbonyl (C=O) groups is 1. The van der Waals surface area contributed by atoms with Crippen LogP contribution in [0.1, 0.15) is 6.42 Å². The van der Waals surface area contributed by atoms with E-state index in [0.717, 1.165) is 17.7 Å². The zero-order valence-electron chi connectivity index (χ0n) is 13.2. The van der Waals surface area contributed by atoms with Gasteiger partial charge in [0.05, 0.1) is 11.9 Å². The number of hydrogen-bond donors (Lipinski definition) is 3. The van der Waals surface area contributed by atoms with Crippen molar-refractivity contribution in [2.45, 2.75) is 12.5 Å². The van der Waals surface area contributed by atoms with E-state index in [1.165, 1.54) is 4.90 Å². The van der Waals surface area contributed by atoms with E-state index in [9.17, 15) is 4.79 Å². The average Bonchev–Trinajstić information content (AvgIpc) is 3.22. The van der Waals surface area contributed by atoms with E-state index in [1.807, 2.05) is 12.1 Å². The number of aromatic nitrogens is 5. The third-order valence-corrected chi connectivity index (χ3v) is 4.14. The Labute approximate surface area is 142 Å². The van der Waals surface area contributed by atoms with Gasteiger partial charge in [-0.3, -0.25) is 0 Å². The summed E-state index contributed by atoms with van der Waals surface area (Å²) in [5.41, 5.74) is 7.72. The van der Waals surface area contributed by atoms with Crippen LogP contribution in [0.4, 0.5) is 16.6 Å². The molecular weight excluding hydrogens is 324 g/mol. The minimum absolute atomic E-state index is 0.0351. The molecule has 0 aliphatic carbocycles. The number of anilines is 2. The van der Waals surface area contributed by atoms with Crippen LogP contribution in [-0.2, 0) is 0 Å². The average molecular weight is 340 g/mol. The summed E-state index contributed by atoms with van der Waals surface area (Å²) < 4.78 is 1.70. The zero-order chi connectivity index (χ0) is 17.4. The van der Waals surface area contributed by atoms with Crippen LogP contribution in [0, 0.1) is 0 Å². The number of imidazole rings is 1. The maximum Gasteiger partial charge on any atom is 0.407 e. The molecule has 1 saturated heterocycles. The summed E-state index contributed by atoms with van der Waals surface area (Å²) in [5, 5.41) is 16.9. The third kappa shape index (κ3) is 2.89. The Hall–Kier alpha value is -3.43. The Bertz CT molecular complexity index is 923. The van der Waals surface area contributed by atoms with Crippen molar-refractivity contribution in [1.82, 2.24) is 29.5 Å². The molecule has 0 saturated carbocycles. The molecule has 1 amide bonds. The molecule has 0 radical (unpaired) electrons. The maximum absolute atomic E-state index is 11.0. The monoisotopic (exact) mass is 340 g/mol. The van der Waals surface area contributed by atoms with E-state index in [1.54, 1.807) is 23.1 Å².